The quantitative estimate of drug-likeness (QED) is 0.0233. The molecule has 3 rings (SSSR count). The molecule has 2 aromatic rings. The van der Waals surface area contributed by atoms with Gasteiger partial charge in [-0.2, -0.15) is 18.7 Å². The molecule has 0 saturated carbocycles. The topological polar surface area (TPSA) is 189 Å². The highest BCUT2D eigenvalue weighted by Gasteiger charge is 2.41. The van der Waals surface area contributed by atoms with Crippen LogP contribution in [0.3, 0.4) is 0 Å². The molecule has 0 spiro atoms. The SMILES string of the molecule is CCCCCCCCCCCOC(CCCCCCCCC)C(C)OOP(=O)(O)OP(=O)(OCCC)OC[C@@H]1CC[C@H](n2cnc3c(N)nc(F)nc32)O1. The second kappa shape index (κ2) is 25.6. The van der Waals surface area contributed by atoms with E-state index < -0.39 is 40.2 Å². The van der Waals surface area contributed by atoms with Crippen molar-refractivity contribution in [2.75, 3.05) is 25.6 Å². The van der Waals surface area contributed by atoms with Gasteiger partial charge in [-0.3, -0.25) is 13.6 Å². The van der Waals surface area contributed by atoms with Crippen molar-refractivity contribution in [3.8, 4) is 0 Å². The molecule has 1 saturated heterocycles. The predicted molar refractivity (Wildman–Crippen MR) is 205 cm³/mol. The van der Waals surface area contributed by atoms with E-state index in [-0.39, 0.29) is 36.3 Å². The zero-order valence-electron chi connectivity index (χ0n) is 32.9. The van der Waals surface area contributed by atoms with Crippen LogP contribution in [0, 0.1) is 6.08 Å². The van der Waals surface area contributed by atoms with Crippen LogP contribution in [-0.4, -0.2) is 62.5 Å². The summed E-state index contributed by atoms with van der Waals surface area (Å²) < 4.78 is 74.9. The Kier molecular flexibility index (Phi) is 22.2. The number of hydrogen-bond donors (Lipinski definition) is 2. The van der Waals surface area contributed by atoms with Crippen molar-refractivity contribution in [3.63, 3.8) is 0 Å². The predicted octanol–water partition coefficient (Wildman–Crippen LogP) is 10.3. The Morgan fingerprint density at radius 1 is 0.889 bits per heavy atom. The molecule has 1 aliphatic rings. The number of nitrogens with two attached hydrogens (primary N) is 1. The van der Waals surface area contributed by atoms with Crippen molar-refractivity contribution in [2.24, 2.45) is 0 Å². The average molecular weight is 810 g/mol. The number of nitrogens with zero attached hydrogens (tertiary/aromatic N) is 4. The standard InChI is InChI=1S/C36H66FN5O10P2/c1-5-8-10-12-14-15-17-19-21-26-46-31(22-20-18-16-13-11-9-6-2)29(4)50-51-53(43,44)52-54(45,47-25-7-3)48-27-30-23-24-32(49-30)42-28-39-33-34(38)40-36(37)41-35(33)42/h28-32H,5-27H2,1-4H3,(H,43,44)(H2,38,40,41)/t29?,30-,31?,32+,54?/m0/s1. The van der Waals surface area contributed by atoms with Gasteiger partial charge in [-0.05, 0) is 39.0 Å². The maximum atomic E-state index is 13.9. The van der Waals surface area contributed by atoms with Crippen LogP contribution >= 0.6 is 15.6 Å². The number of hydrogen-bond acceptors (Lipinski definition) is 13. The Bertz CT molecular complexity index is 1430. The summed E-state index contributed by atoms with van der Waals surface area (Å²) in [6, 6.07) is 0. The number of phosphoric ester groups is 1. The molecule has 2 aromatic heterocycles. The minimum Gasteiger partial charge on any atom is -0.382 e. The van der Waals surface area contributed by atoms with Crippen molar-refractivity contribution in [1.82, 2.24) is 19.5 Å². The van der Waals surface area contributed by atoms with Crippen LogP contribution < -0.4 is 5.73 Å². The zero-order chi connectivity index (χ0) is 39.2. The summed E-state index contributed by atoms with van der Waals surface area (Å²) in [6.45, 7) is 8.06. The highest BCUT2D eigenvalue weighted by molar-refractivity contribution is 7.61. The summed E-state index contributed by atoms with van der Waals surface area (Å²) in [6.07, 6.45) is 18.9. The fraction of sp³-hybridized carbons (Fsp3) is 0.861. The van der Waals surface area contributed by atoms with Gasteiger partial charge in [-0.25, -0.2) is 19.0 Å². The van der Waals surface area contributed by atoms with Gasteiger partial charge in [0, 0.05) is 6.61 Å². The van der Waals surface area contributed by atoms with Crippen LogP contribution in [0.2, 0.25) is 0 Å². The maximum absolute atomic E-state index is 13.9. The van der Waals surface area contributed by atoms with E-state index in [0.717, 1.165) is 32.1 Å². The first-order valence-corrected chi connectivity index (χ1v) is 23.2. The number of imidazole rings is 1. The maximum Gasteiger partial charge on any atom is 0.508 e. The molecule has 0 radical (unpaired) electrons. The van der Waals surface area contributed by atoms with Gasteiger partial charge in [0.15, 0.2) is 17.0 Å². The molecule has 3 heterocycles. The molecule has 3 N–H and O–H groups in total. The summed E-state index contributed by atoms with van der Waals surface area (Å²) in [5.74, 6) is -0.0976. The molecule has 0 bridgehead atoms. The lowest BCUT2D eigenvalue weighted by molar-refractivity contribution is -0.276. The van der Waals surface area contributed by atoms with Gasteiger partial charge in [0.2, 0.25) is 0 Å². The fourth-order valence-electron chi connectivity index (χ4n) is 6.33. The van der Waals surface area contributed by atoms with Crippen molar-refractivity contribution in [3.05, 3.63) is 12.4 Å². The first-order chi connectivity index (χ1) is 26.0. The monoisotopic (exact) mass is 809 g/mol. The molecule has 0 amide bonds. The molecule has 312 valence electrons. The van der Waals surface area contributed by atoms with Crippen LogP contribution in [0.5, 0.6) is 0 Å². The minimum absolute atomic E-state index is 0.0797. The van der Waals surface area contributed by atoms with E-state index in [1.165, 1.54) is 81.5 Å². The molecular weight excluding hydrogens is 743 g/mol. The van der Waals surface area contributed by atoms with Crippen molar-refractivity contribution in [2.45, 2.75) is 181 Å². The van der Waals surface area contributed by atoms with Crippen molar-refractivity contribution < 1.29 is 50.8 Å². The molecule has 15 nitrogen and oxygen atoms in total. The molecule has 0 aromatic carbocycles. The molecule has 18 heteroatoms. The number of nitrogen functional groups attached to an aromatic ring is 1. The van der Waals surface area contributed by atoms with Crippen molar-refractivity contribution in [1.29, 1.82) is 0 Å². The number of phosphoric acid groups is 2. The first-order valence-electron chi connectivity index (χ1n) is 20.2. The van der Waals surface area contributed by atoms with Crippen LogP contribution in [0.1, 0.15) is 162 Å². The number of rotatable bonds is 32. The van der Waals surface area contributed by atoms with Gasteiger partial charge < -0.3 is 20.1 Å². The minimum atomic E-state index is -5.11. The Hall–Kier alpha value is -1.58. The first kappa shape index (κ1) is 46.8. The number of halogens is 1. The summed E-state index contributed by atoms with van der Waals surface area (Å²) in [5.41, 5.74) is 6.17. The molecule has 1 fully saturated rings. The number of aromatic nitrogens is 4. The summed E-state index contributed by atoms with van der Waals surface area (Å²) >= 11 is 0. The third kappa shape index (κ3) is 17.3. The fourth-order valence-corrected chi connectivity index (χ4v) is 8.90. The number of ether oxygens (including phenoxy) is 2. The molecule has 1 aliphatic heterocycles. The zero-order valence-corrected chi connectivity index (χ0v) is 34.7. The lowest BCUT2D eigenvalue weighted by atomic mass is 10.0. The Labute approximate surface area is 321 Å². The highest BCUT2D eigenvalue weighted by atomic mass is 31.3. The number of anilines is 1. The van der Waals surface area contributed by atoms with E-state index in [2.05, 4.69) is 28.8 Å². The Balaban J connectivity index is 1.50. The van der Waals surface area contributed by atoms with E-state index >= 15 is 0 Å². The Morgan fingerprint density at radius 3 is 2.17 bits per heavy atom. The van der Waals surface area contributed by atoms with E-state index in [1.807, 2.05) is 0 Å². The lowest BCUT2D eigenvalue weighted by Gasteiger charge is -2.25. The summed E-state index contributed by atoms with van der Waals surface area (Å²) in [7, 11) is -9.74. The molecule has 0 aliphatic carbocycles. The Morgan fingerprint density at radius 2 is 1.52 bits per heavy atom. The molecule has 54 heavy (non-hydrogen) atoms. The van der Waals surface area contributed by atoms with Crippen molar-refractivity contribution >= 4 is 32.6 Å². The van der Waals surface area contributed by atoms with Gasteiger partial charge in [-0.15, -0.1) is 4.67 Å². The lowest BCUT2D eigenvalue weighted by Crippen LogP contribution is -2.29. The highest BCUT2D eigenvalue weighted by Crippen LogP contribution is 2.64. The van der Waals surface area contributed by atoms with Gasteiger partial charge in [-0.1, -0.05) is 117 Å². The summed E-state index contributed by atoms with van der Waals surface area (Å²) in [4.78, 5) is 27.4. The van der Waals surface area contributed by atoms with Crippen LogP contribution in [0.4, 0.5) is 10.2 Å². The van der Waals surface area contributed by atoms with Gasteiger partial charge in [0.05, 0.1) is 31.7 Å². The molecule has 4 unspecified atom stereocenters. The van der Waals surface area contributed by atoms with Gasteiger partial charge >= 0.3 is 21.7 Å². The normalized spacial score (nSPS) is 19.6. The van der Waals surface area contributed by atoms with Gasteiger partial charge in [0.25, 0.3) is 0 Å². The summed E-state index contributed by atoms with van der Waals surface area (Å²) in [5, 5.41) is 0. The second-order valence-corrected chi connectivity index (χ2v) is 17.3. The van der Waals surface area contributed by atoms with Crippen LogP contribution in [-0.2, 0) is 41.5 Å². The molecule has 6 atom stereocenters. The van der Waals surface area contributed by atoms with Crippen LogP contribution in [0.25, 0.3) is 11.2 Å². The number of unbranched alkanes of at least 4 members (excludes halogenated alkanes) is 14. The van der Waals surface area contributed by atoms with E-state index in [1.54, 1.807) is 13.8 Å². The van der Waals surface area contributed by atoms with E-state index in [0.29, 0.717) is 32.3 Å². The smallest absolute Gasteiger partial charge is 0.382 e. The second-order valence-electron chi connectivity index (χ2n) is 14.1. The van der Waals surface area contributed by atoms with E-state index in [4.69, 9.17) is 38.1 Å². The third-order valence-corrected chi connectivity index (χ3v) is 12.2. The largest absolute Gasteiger partial charge is 0.508 e. The van der Waals surface area contributed by atoms with Gasteiger partial charge in [0.1, 0.15) is 12.3 Å². The van der Waals surface area contributed by atoms with E-state index in [9.17, 15) is 18.4 Å². The third-order valence-electron chi connectivity index (χ3n) is 9.38. The average Bonchev–Trinajstić information content (AvgIpc) is 3.79. The number of fused-ring (bicyclic) bond motifs is 1. The molecular formula is C36H66FN5O10P2. The van der Waals surface area contributed by atoms with Crippen LogP contribution in [0.15, 0.2) is 6.33 Å².